The minimum Gasteiger partial charge on any atom is -0.353 e. The second kappa shape index (κ2) is 3.78. The van der Waals surface area contributed by atoms with Crippen molar-refractivity contribution < 1.29 is 4.74 Å². The van der Waals surface area contributed by atoms with E-state index in [1.165, 1.54) is 24.1 Å². The molecular formula is C13H15NO. The molecule has 2 heteroatoms. The molecule has 0 radical (unpaired) electrons. The predicted octanol–water partition coefficient (Wildman–Crippen LogP) is 2.77. The Labute approximate surface area is 90.0 Å². The summed E-state index contributed by atoms with van der Waals surface area (Å²) in [6.45, 7) is 0. The normalized spacial score (nSPS) is 29.7. The van der Waals surface area contributed by atoms with Gasteiger partial charge in [-0.3, -0.25) is 4.99 Å². The fourth-order valence-electron chi connectivity index (χ4n) is 2.39. The summed E-state index contributed by atoms with van der Waals surface area (Å²) in [6.07, 6.45) is 5.08. The molecule has 2 bridgehead atoms. The van der Waals surface area contributed by atoms with Gasteiger partial charge in [0.25, 0.3) is 0 Å². The van der Waals surface area contributed by atoms with Gasteiger partial charge in [0.1, 0.15) is 6.23 Å². The van der Waals surface area contributed by atoms with E-state index < -0.39 is 0 Å². The molecule has 2 atom stereocenters. The van der Waals surface area contributed by atoms with Crippen molar-refractivity contribution in [1.82, 2.24) is 0 Å². The molecule has 0 aromatic heterocycles. The van der Waals surface area contributed by atoms with Crippen molar-refractivity contribution in [2.75, 3.05) is 0 Å². The summed E-state index contributed by atoms with van der Waals surface area (Å²) in [7, 11) is 0. The van der Waals surface area contributed by atoms with E-state index in [0.29, 0.717) is 6.10 Å². The maximum absolute atomic E-state index is 5.79. The van der Waals surface area contributed by atoms with Gasteiger partial charge in [0.15, 0.2) is 0 Å². The summed E-state index contributed by atoms with van der Waals surface area (Å²) >= 11 is 0. The zero-order chi connectivity index (χ0) is 10.1. The van der Waals surface area contributed by atoms with Crippen LogP contribution in [0.1, 0.15) is 31.2 Å². The van der Waals surface area contributed by atoms with Gasteiger partial charge in [-0.15, -0.1) is 0 Å². The third-order valence-electron chi connectivity index (χ3n) is 3.15. The minimum absolute atomic E-state index is 0.132. The molecule has 0 aliphatic carbocycles. The van der Waals surface area contributed by atoms with Crippen molar-refractivity contribution in [2.45, 2.75) is 38.0 Å². The lowest BCUT2D eigenvalue weighted by Crippen LogP contribution is -2.34. The molecule has 0 spiro atoms. The smallest absolute Gasteiger partial charge is 0.149 e. The Hall–Kier alpha value is -1.15. The topological polar surface area (TPSA) is 21.6 Å². The molecule has 1 aromatic carbocycles. The van der Waals surface area contributed by atoms with Crippen molar-refractivity contribution in [2.24, 2.45) is 4.99 Å². The highest BCUT2D eigenvalue weighted by atomic mass is 16.5. The quantitative estimate of drug-likeness (QED) is 0.684. The van der Waals surface area contributed by atoms with Crippen molar-refractivity contribution in [3.8, 4) is 0 Å². The Morgan fingerprint density at radius 2 is 2.00 bits per heavy atom. The monoisotopic (exact) mass is 201 g/mol. The van der Waals surface area contributed by atoms with Gasteiger partial charge in [-0.2, -0.15) is 0 Å². The van der Waals surface area contributed by atoms with Gasteiger partial charge in [-0.25, -0.2) is 0 Å². The van der Waals surface area contributed by atoms with E-state index in [0.717, 1.165) is 12.8 Å². The number of rotatable bonds is 1. The Morgan fingerprint density at radius 1 is 1.13 bits per heavy atom. The summed E-state index contributed by atoms with van der Waals surface area (Å²) < 4.78 is 5.79. The molecule has 0 unspecified atom stereocenters. The molecule has 15 heavy (non-hydrogen) atoms. The van der Waals surface area contributed by atoms with Gasteiger partial charge in [0.2, 0.25) is 0 Å². The van der Waals surface area contributed by atoms with E-state index in [1.807, 2.05) is 6.07 Å². The molecule has 0 N–H and O–H groups in total. The van der Waals surface area contributed by atoms with E-state index in [-0.39, 0.29) is 6.23 Å². The largest absolute Gasteiger partial charge is 0.353 e. The van der Waals surface area contributed by atoms with Crippen LogP contribution in [0.4, 0.5) is 0 Å². The maximum atomic E-state index is 5.79. The molecule has 2 heterocycles. The van der Waals surface area contributed by atoms with Crippen LogP contribution in [0.3, 0.4) is 0 Å². The molecule has 1 aromatic rings. The van der Waals surface area contributed by atoms with E-state index in [9.17, 15) is 0 Å². The predicted molar refractivity (Wildman–Crippen MR) is 60.1 cm³/mol. The van der Waals surface area contributed by atoms with Crippen LogP contribution in [0.15, 0.2) is 35.3 Å². The Kier molecular flexibility index (Phi) is 2.29. The van der Waals surface area contributed by atoms with E-state index in [4.69, 9.17) is 4.74 Å². The summed E-state index contributed by atoms with van der Waals surface area (Å²) in [6, 6.07) is 10.5. The molecule has 1 saturated heterocycles. The van der Waals surface area contributed by atoms with Gasteiger partial charge in [-0.1, -0.05) is 30.3 Å². The highest BCUT2D eigenvalue weighted by molar-refractivity contribution is 6.01. The Balaban J connectivity index is 1.91. The van der Waals surface area contributed by atoms with Crippen LogP contribution in [0.2, 0.25) is 0 Å². The van der Waals surface area contributed by atoms with Gasteiger partial charge in [0.05, 0.1) is 6.10 Å². The number of fused-ring (bicyclic) bond motifs is 2. The van der Waals surface area contributed by atoms with Crippen LogP contribution in [0.5, 0.6) is 0 Å². The first-order chi connectivity index (χ1) is 7.42. The standard InChI is InChI=1S/C13H15NO/c1-2-5-10(6-3-1)12-9-11-7-4-8-13(14-12)15-11/h1-3,5-6,11,13H,4,7-9H2/t11-,13+/m1/s1. The molecule has 2 nitrogen and oxygen atoms in total. The number of nitrogens with zero attached hydrogens (tertiary/aromatic N) is 1. The van der Waals surface area contributed by atoms with Crippen molar-refractivity contribution in [3.63, 3.8) is 0 Å². The SMILES string of the molecule is c1ccc(C2=N[C@@H]3CCC[C@H](C2)O3)cc1. The third kappa shape index (κ3) is 1.82. The van der Waals surface area contributed by atoms with Crippen LogP contribution in [0, 0.1) is 0 Å². The van der Waals surface area contributed by atoms with Crippen LogP contribution >= 0.6 is 0 Å². The molecule has 2 aliphatic heterocycles. The lowest BCUT2D eigenvalue weighted by molar-refractivity contribution is -0.0485. The Bertz CT molecular complexity index is 371. The highest BCUT2D eigenvalue weighted by Gasteiger charge is 2.28. The lowest BCUT2D eigenvalue weighted by atomic mass is 9.96. The average molecular weight is 201 g/mol. The first-order valence-electron chi connectivity index (χ1n) is 5.69. The summed E-state index contributed by atoms with van der Waals surface area (Å²) in [5.74, 6) is 0. The van der Waals surface area contributed by atoms with Gasteiger partial charge in [0, 0.05) is 12.1 Å². The zero-order valence-corrected chi connectivity index (χ0v) is 8.73. The number of hydrogen-bond acceptors (Lipinski definition) is 2. The van der Waals surface area contributed by atoms with Crippen LogP contribution in [0.25, 0.3) is 0 Å². The molecule has 0 amide bonds. The average Bonchev–Trinajstić information content (AvgIpc) is 2.30. The fourth-order valence-corrected chi connectivity index (χ4v) is 2.39. The van der Waals surface area contributed by atoms with Gasteiger partial charge < -0.3 is 4.74 Å². The summed E-state index contributed by atoms with van der Waals surface area (Å²) in [4.78, 5) is 4.67. The zero-order valence-electron chi connectivity index (χ0n) is 8.73. The molecule has 1 fully saturated rings. The van der Waals surface area contributed by atoms with Crippen LogP contribution in [-0.4, -0.2) is 18.0 Å². The summed E-state index contributed by atoms with van der Waals surface area (Å²) in [5, 5.41) is 0. The van der Waals surface area contributed by atoms with Crippen LogP contribution < -0.4 is 0 Å². The molecule has 2 aliphatic rings. The second-order valence-electron chi connectivity index (χ2n) is 4.29. The minimum atomic E-state index is 0.132. The first kappa shape index (κ1) is 9.10. The fraction of sp³-hybridized carbons (Fsp3) is 0.462. The number of aliphatic imine (C=N–C) groups is 1. The van der Waals surface area contributed by atoms with E-state index in [1.54, 1.807) is 0 Å². The molecule has 78 valence electrons. The first-order valence-corrected chi connectivity index (χ1v) is 5.69. The third-order valence-corrected chi connectivity index (χ3v) is 3.15. The van der Waals surface area contributed by atoms with Gasteiger partial charge in [-0.05, 0) is 24.8 Å². The molecule has 0 saturated carbocycles. The highest BCUT2D eigenvalue weighted by Crippen LogP contribution is 2.28. The number of benzene rings is 1. The van der Waals surface area contributed by atoms with Crippen LogP contribution in [-0.2, 0) is 4.74 Å². The second-order valence-corrected chi connectivity index (χ2v) is 4.29. The number of hydrogen-bond donors (Lipinski definition) is 0. The molecule has 3 rings (SSSR count). The lowest BCUT2D eigenvalue weighted by Gasteiger charge is -2.33. The maximum Gasteiger partial charge on any atom is 0.149 e. The van der Waals surface area contributed by atoms with Crippen molar-refractivity contribution in [1.29, 1.82) is 0 Å². The summed E-state index contributed by atoms with van der Waals surface area (Å²) in [5.41, 5.74) is 2.49. The van der Waals surface area contributed by atoms with Crippen molar-refractivity contribution in [3.05, 3.63) is 35.9 Å². The van der Waals surface area contributed by atoms with Gasteiger partial charge >= 0.3 is 0 Å². The van der Waals surface area contributed by atoms with E-state index >= 15 is 0 Å². The number of ether oxygens (including phenoxy) is 1. The van der Waals surface area contributed by atoms with Crippen molar-refractivity contribution >= 4 is 5.71 Å². The Morgan fingerprint density at radius 3 is 2.80 bits per heavy atom. The molecular weight excluding hydrogens is 186 g/mol. The van der Waals surface area contributed by atoms with E-state index in [2.05, 4.69) is 29.3 Å².